The molecule has 1 aliphatic heterocycles. The third kappa shape index (κ3) is 3.41. The predicted octanol–water partition coefficient (Wildman–Crippen LogP) is 2.16. The molecular formula is C13H16FIN2O. The summed E-state index contributed by atoms with van der Waals surface area (Å²) in [6, 6.07) is 4.67. The molecule has 1 atom stereocenters. The van der Waals surface area contributed by atoms with E-state index in [1.54, 1.807) is 12.1 Å². The van der Waals surface area contributed by atoms with Crippen molar-refractivity contribution in [3.8, 4) is 0 Å². The van der Waals surface area contributed by atoms with Crippen LogP contribution in [0, 0.1) is 15.3 Å². The number of amides is 1. The number of nitrogens with one attached hydrogen (secondary N) is 2. The van der Waals surface area contributed by atoms with E-state index in [1.807, 2.05) is 22.6 Å². The molecule has 5 heteroatoms. The van der Waals surface area contributed by atoms with Crippen LogP contribution in [0.25, 0.3) is 0 Å². The first-order chi connectivity index (χ1) is 8.68. The van der Waals surface area contributed by atoms with E-state index in [9.17, 15) is 9.18 Å². The maximum absolute atomic E-state index is 13.6. The van der Waals surface area contributed by atoms with Gasteiger partial charge in [0.05, 0.1) is 5.56 Å². The number of carbonyl (C=O) groups is 1. The van der Waals surface area contributed by atoms with E-state index in [2.05, 4.69) is 10.6 Å². The van der Waals surface area contributed by atoms with Crippen LogP contribution < -0.4 is 10.6 Å². The van der Waals surface area contributed by atoms with Crippen LogP contribution in [0.4, 0.5) is 4.39 Å². The molecule has 18 heavy (non-hydrogen) atoms. The SMILES string of the molecule is O=C(NCC1CCCNC1)c1c(F)cccc1I. The smallest absolute Gasteiger partial charge is 0.255 e. The first kappa shape index (κ1) is 13.7. The molecule has 1 heterocycles. The van der Waals surface area contributed by atoms with E-state index in [1.165, 1.54) is 6.07 Å². The van der Waals surface area contributed by atoms with Gasteiger partial charge in [0.15, 0.2) is 0 Å². The van der Waals surface area contributed by atoms with Crippen molar-refractivity contribution in [3.63, 3.8) is 0 Å². The Morgan fingerprint density at radius 3 is 3.06 bits per heavy atom. The maximum Gasteiger partial charge on any atom is 0.255 e. The van der Waals surface area contributed by atoms with Crippen LogP contribution in [-0.4, -0.2) is 25.5 Å². The summed E-state index contributed by atoms with van der Waals surface area (Å²) in [6.07, 6.45) is 2.25. The average molecular weight is 362 g/mol. The molecule has 0 aliphatic carbocycles. The molecule has 0 saturated carbocycles. The number of hydrogen-bond acceptors (Lipinski definition) is 2. The van der Waals surface area contributed by atoms with E-state index in [-0.39, 0.29) is 11.5 Å². The molecule has 2 rings (SSSR count). The molecule has 1 unspecified atom stereocenters. The van der Waals surface area contributed by atoms with Gasteiger partial charge in [-0.1, -0.05) is 6.07 Å². The van der Waals surface area contributed by atoms with Gasteiger partial charge in [0.1, 0.15) is 5.82 Å². The maximum atomic E-state index is 13.6. The monoisotopic (exact) mass is 362 g/mol. The molecule has 98 valence electrons. The first-order valence-electron chi connectivity index (χ1n) is 6.11. The van der Waals surface area contributed by atoms with Crippen molar-refractivity contribution >= 4 is 28.5 Å². The van der Waals surface area contributed by atoms with Gasteiger partial charge < -0.3 is 10.6 Å². The highest BCUT2D eigenvalue weighted by Gasteiger charge is 2.18. The Morgan fingerprint density at radius 2 is 2.39 bits per heavy atom. The molecule has 1 aliphatic rings. The minimum absolute atomic E-state index is 0.155. The number of halogens is 2. The number of hydrogen-bond donors (Lipinski definition) is 2. The van der Waals surface area contributed by atoms with E-state index in [0.29, 0.717) is 16.0 Å². The molecule has 0 aromatic heterocycles. The lowest BCUT2D eigenvalue weighted by atomic mass is 9.99. The quantitative estimate of drug-likeness (QED) is 0.810. The average Bonchev–Trinajstić information content (AvgIpc) is 2.37. The molecule has 0 bridgehead atoms. The lowest BCUT2D eigenvalue weighted by molar-refractivity contribution is 0.0940. The number of rotatable bonds is 3. The second-order valence-electron chi connectivity index (χ2n) is 4.52. The van der Waals surface area contributed by atoms with Crippen LogP contribution in [0.15, 0.2) is 18.2 Å². The zero-order valence-electron chi connectivity index (χ0n) is 10.0. The minimum Gasteiger partial charge on any atom is -0.352 e. The molecule has 1 fully saturated rings. The number of benzene rings is 1. The third-order valence-corrected chi connectivity index (χ3v) is 4.04. The van der Waals surface area contributed by atoms with Crippen LogP contribution in [0.5, 0.6) is 0 Å². The van der Waals surface area contributed by atoms with Gasteiger partial charge in [0.25, 0.3) is 5.91 Å². The van der Waals surface area contributed by atoms with Crippen molar-refractivity contribution in [1.29, 1.82) is 0 Å². The summed E-state index contributed by atoms with van der Waals surface area (Å²) in [6.45, 7) is 2.58. The van der Waals surface area contributed by atoms with E-state index >= 15 is 0 Å². The molecule has 2 N–H and O–H groups in total. The van der Waals surface area contributed by atoms with Gasteiger partial charge in [-0.2, -0.15) is 0 Å². The van der Waals surface area contributed by atoms with Crippen LogP contribution in [0.1, 0.15) is 23.2 Å². The van der Waals surface area contributed by atoms with Crippen molar-refractivity contribution in [2.24, 2.45) is 5.92 Å². The predicted molar refractivity (Wildman–Crippen MR) is 77.0 cm³/mol. The Labute approximate surface area is 120 Å². The van der Waals surface area contributed by atoms with Crippen molar-refractivity contribution in [3.05, 3.63) is 33.1 Å². The van der Waals surface area contributed by atoms with Gasteiger partial charge in [0.2, 0.25) is 0 Å². The molecule has 0 radical (unpaired) electrons. The summed E-state index contributed by atoms with van der Waals surface area (Å²) in [4.78, 5) is 12.0. The van der Waals surface area contributed by atoms with Crippen molar-refractivity contribution in [2.75, 3.05) is 19.6 Å². The van der Waals surface area contributed by atoms with E-state index in [0.717, 1.165) is 25.9 Å². The Balaban J connectivity index is 1.95. The zero-order valence-corrected chi connectivity index (χ0v) is 12.2. The highest BCUT2D eigenvalue weighted by atomic mass is 127. The number of piperidine rings is 1. The largest absolute Gasteiger partial charge is 0.352 e. The third-order valence-electron chi connectivity index (χ3n) is 3.14. The molecule has 1 aromatic rings. The molecular weight excluding hydrogens is 346 g/mol. The van der Waals surface area contributed by atoms with E-state index in [4.69, 9.17) is 0 Å². The molecule has 1 amide bonds. The fraction of sp³-hybridized carbons (Fsp3) is 0.462. The van der Waals surface area contributed by atoms with Crippen LogP contribution in [-0.2, 0) is 0 Å². The highest BCUT2D eigenvalue weighted by Crippen LogP contribution is 2.16. The van der Waals surface area contributed by atoms with Gasteiger partial charge in [-0.05, 0) is 66.6 Å². The standard InChI is InChI=1S/C13H16FIN2O/c14-10-4-1-5-11(15)12(10)13(18)17-8-9-3-2-6-16-7-9/h1,4-5,9,16H,2-3,6-8H2,(H,17,18). The fourth-order valence-electron chi connectivity index (χ4n) is 2.14. The zero-order chi connectivity index (χ0) is 13.0. The van der Waals surface area contributed by atoms with Crippen molar-refractivity contribution < 1.29 is 9.18 Å². The van der Waals surface area contributed by atoms with Gasteiger partial charge in [-0.15, -0.1) is 0 Å². The lowest BCUT2D eigenvalue weighted by Gasteiger charge is -2.23. The van der Waals surface area contributed by atoms with Gasteiger partial charge >= 0.3 is 0 Å². The fourth-order valence-corrected chi connectivity index (χ4v) is 2.85. The summed E-state index contributed by atoms with van der Waals surface area (Å²) >= 11 is 1.98. The van der Waals surface area contributed by atoms with Crippen molar-refractivity contribution in [1.82, 2.24) is 10.6 Å². The summed E-state index contributed by atoms with van der Waals surface area (Å²) in [5.41, 5.74) is 0.155. The highest BCUT2D eigenvalue weighted by molar-refractivity contribution is 14.1. The number of carbonyl (C=O) groups excluding carboxylic acids is 1. The Morgan fingerprint density at radius 1 is 1.56 bits per heavy atom. The first-order valence-corrected chi connectivity index (χ1v) is 7.19. The molecule has 1 aromatic carbocycles. The Hall–Kier alpha value is -0.690. The van der Waals surface area contributed by atoms with Gasteiger partial charge in [-0.3, -0.25) is 4.79 Å². The summed E-state index contributed by atoms with van der Waals surface area (Å²) in [5, 5.41) is 6.12. The van der Waals surface area contributed by atoms with Crippen LogP contribution in [0.2, 0.25) is 0 Å². The van der Waals surface area contributed by atoms with E-state index < -0.39 is 5.82 Å². The van der Waals surface area contributed by atoms with Gasteiger partial charge in [-0.25, -0.2) is 4.39 Å². The van der Waals surface area contributed by atoms with Crippen molar-refractivity contribution in [2.45, 2.75) is 12.8 Å². The lowest BCUT2D eigenvalue weighted by Crippen LogP contribution is -2.38. The summed E-state index contributed by atoms with van der Waals surface area (Å²) in [5.74, 6) is -0.323. The summed E-state index contributed by atoms with van der Waals surface area (Å²) < 4.78 is 14.2. The molecule has 1 saturated heterocycles. The Kier molecular flexibility index (Phi) is 4.94. The topological polar surface area (TPSA) is 41.1 Å². The van der Waals surface area contributed by atoms with Gasteiger partial charge in [0, 0.05) is 10.1 Å². The Bertz CT molecular complexity index is 413. The molecule has 0 spiro atoms. The summed E-state index contributed by atoms with van der Waals surface area (Å²) in [7, 11) is 0. The normalized spacial score (nSPS) is 19.6. The minimum atomic E-state index is -0.457. The molecule has 3 nitrogen and oxygen atoms in total. The van der Waals surface area contributed by atoms with Crippen LogP contribution >= 0.6 is 22.6 Å². The second kappa shape index (κ2) is 6.47. The second-order valence-corrected chi connectivity index (χ2v) is 5.68. The van der Waals surface area contributed by atoms with Crippen LogP contribution in [0.3, 0.4) is 0 Å².